The highest BCUT2D eigenvalue weighted by atomic mass is 16.5. The maximum Gasteiger partial charge on any atom is 0.439 e. The van der Waals surface area contributed by atoms with Gasteiger partial charge in [0.1, 0.15) is 0 Å². The predicted molar refractivity (Wildman–Crippen MR) is 46.0 cm³/mol. The minimum atomic E-state index is -0.585. The topological polar surface area (TPSA) is 58.9 Å². The normalized spacial score (nSPS) is 10.2. The minimum absolute atomic E-state index is 0.350. The van der Waals surface area contributed by atoms with Crippen LogP contribution in [0.25, 0.3) is 11.4 Å². The van der Waals surface area contributed by atoms with E-state index in [4.69, 9.17) is 6.92 Å². The van der Waals surface area contributed by atoms with Crippen LogP contribution in [-0.4, -0.2) is 10.1 Å². The van der Waals surface area contributed by atoms with Crippen LogP contribution in [0.5, 0.6) is 0 Å². The van der Waals surface area contributed by atoms with Gasteiger partial charge in [-0.1, -0.05) is 29.4 Å². The molecule has 1 aromatic carbocycles. The van der Waals surface area contributed by atoms with Crippen LogP contribution in [0.3, 0.4) is 0 Å². The average molecular weight is 174 g/mol. The molecule has 1 N–H and O–H groups in total. The van der Waals surface area contributed by atoms with Gasteiger partial charge in [0.05, 0.1) is 0 Å². The Hall–Kier alpha value is -1.84. The summed E-state index contributed by atoms with van der Waals surface area (Å²) in [7, 11) is 0. The van der Waals surface area contributed by atoms with E-state index in [9.17, 15) is 4.79 Å². The molecule has 0 aliphatic rings. The summed E-state index contributed by atoms with van der Waals surface area (Å²) in [5, 5.41) is 3.52. The standard InChI is InChI=1S/C9H6N2O2/c1-6-4-2-3-5-7(6)8-10-9(12)13-11-8/h1-5H,(H,10,11,12). The summed E-state index contributed by atoms with van der Waals surface area (Å²) in [6.07, 6.45) is 0. The van der Waals surface area contributed by atoms with E-state index in [1.165, 1.54) is 0 Å². The first-order valence-electron chi connectivity index (χ1n) is 3.68. The number of hydrogen-bond acceptors (Lipinski definition) is 3. The lowest BCUT2D eigenvalue weighted by atomic mass is 10.1. The van der Waals surface area contributed by atoms with Crippen LogP contribution in [0.15, 0.2) is 33.6 Å². The zero-order valence-electron chi connectivity index (χ0n) is 6.65. The zero-order valence-corrected chi connectivity index (χ0v) is 6.65. The second kappa shape index (κ2) is 2.90. The van der Waals surface area contributed by atoms with E-state index in [2.05, 4.69) is 14.7 Å². The Bertz CT molecular complexity index is 470. The Labute approximate surface area is 74.2 Å². The summed E-state index contributed by atoms with van der Waals surface area (Å²) < 4.78 is 4.36. The third kappa shape index (κ3) is 1.38. The first kappa shape index (κ1) is 7.79. The van der Waals surface area contributed by atoms with E-state index in [0.29, 0.717) is 17.0 Å². The Morgan fingerprint density at radius 1 is 1.38 bits per heavy atom. The highest BCUT2D eigenvalue weighted by Gasteiger charge is 2.05. The summed E-state index contributed by atoms with van der Waals surface area (Å²) in [6.45, 7) is 5.66. The van der Waals surface area contributed by atoms with Crippen LogP contribution in [0, 0.1) is 6.92 Å². The molecule has 0 bridgehead atoms. The van der Waals surface area contributed by atoms with Gasteiger partial charge in [-0.2, -0.15) is 0 Å². The summed E-state index contributed by atoms with van der Waals surface area (Å²) in [5.41, 5.74) is 1.21. The van der Waals surface area contributed by atoms with Crippen molar-refractivity contribution in [2.45, 2.75) is 0 Å². The van der Waals surface area contributed by atoms with Gasteiger partial charge in [0.25, 0.3) is 0 Å². The van der Waals surface area contributed by atoms with Crippen LogP contribution in [0.1, 0.15) is 5.56 Å². The molecule has 0 aliphatic heterocycles. The van der Waals surface area contributed by atoms with Gasteiger partial charge in [-0.25, -0.2) is 4.79 Å². The number of nitrogens with one attached hydrogen (secondary N) is 1. The molecule has 0 spiro atoms. The quantitative estimate of drug-likeness (QED) is 0.703. The van der Waals surface area contributed by atoms with Crippen LogP contribution >= 0.6 is 0 Å². The molecule has 0 unspecified atom stereocenters. The van der Waals surface area contributed by atoms with E-state index in [1.54, 1.807) is 24.3 Å². The summed E-state index contributed by atoms with van der Waals surface area (Å²) in [5.74, 6) is -0.235. The maximum atomic E-state index is 10.6. The van der Waals surface area contributed by atoms with Gasteiger partial charge < -0.3 is 0 Å². The number of rotatable bonds is 1. The number of benzene rings is 1. The van der Waals surface area contributed by atoms with Crippen LogP contribution in [0.4, 0.5) is 0 Å². The predicted octanol–water partition coefficient (Wildman–Crippen LogP) is 1.09. The van der Waals surface area contributed by atoms with E-state index in [1.807, 2.05) is 0 Å². The first-order chi connectivity index (χ1) is 6.27. The maximum absolute atomic E-state index is 10.6. The molecular formula is C9H6N2O2. The van der Waals surface area contributed by atoms with E-state index in [0.717, 1.165) is 0 Å². The molecule has 0 fully saturated rings. The van der Waals surface area contributed by atoms with Crippen LogP contribution < -0.4 is 5.76 Å². The monoisotopic (exact) mass is 174 g/mol. The third-order valence-electron chi connectivity index (χ3n) is 1.66. The van der Waals surface area contributed by atoms with E-state index in [-0.39, 0.29) is 0 Å². The SMILES string of the molecule is [CH]c1ccccc1-c1noc(=O)[nH]1. The van der Waals surface area contributed by atoms with Gasteiger partial charge in [0, 0.05) is 5.56 Å². The van der Waals surface area contributed by atoms with Crippen molar-refractivity contribution < 1.29 is 4.52 Å². The van der Waals surface area contributed by atoms with Gasteiger partial charge >= 0.3 is 5.76 Å². The Morgan fingerprint density at radius 3 is 2.77 bits per heavy atom. The average Bonchev–Trinajstić information content (AvgIpc) is 2.53. The second-order valence-electron chi connectivity index (χ2n) is 2.53. The molecule has 0 saturated heterocycles. The smallest absolute Gasteiger partial charge is 0.296 e. The van der Waals surface area contributed by atoms with Crippen molar-refractivity contribution in [3.05, 3.63) is 47.3 Å². The Morgan fingerprint density at radius 2 is 2.15 bits per heavy atom. The molecular weight excluding hydrogens is 168 g/mol. The van der Waals surface area contributed by atoms with E-state index >= 15 is 0 Å². The van der Waals surface area contributed by atoms with Gasteiger partial charge in [0.15, 0.2) is 5.82 Å². The molecule has 2 aromatic rings. The first-order valence-corrected chi connectivity index (χ1v) is 3.68. The van der Waals surface area contributed by atoms with Gasteiger partial charge in [-0.3, -0.25) is 9.51 Å². The van der Waals surface area contributed by atoms with Crippen molar-refractivity contribution in [2.75, 3.05) is 0 Å². The lowest BCUT2D eigenvalue weighted by Crippen LogP contribution is -1.95. The molecule has 0 atom stereocenters. The Balaban J connectivity index is 2.58. The molecule has 1 heterocycles. The molecule has 2 rings (SSSR count). The second-order valence-corrected chi connectivity index (χ2v) is 2.53. The summed E-state index contributed by atoms with van der Waals surface area (Å²) in [6, 6.07) is 7.08. The van der Waals surface area contributed by atoms with Crippen molar-refractivity contribution in [1.82, 2.24) is 10.1 Å². The Kier molecular flexibility index (Phi) is 1.73. The molecule has 64 valence electrons. The number of H-pyrrole nitrogens is 1. The summed E-state index contributed by atoms with van der Waals surface area (Å²) >= 11 is 0. The molecule has 1 aromatic heterocycles. The zero-order chi connectivity index (χ0) is 9.26. The highest BCUT2D eigenvalue weighted by Crippen LogP contribution is 2.17. The number of hydrogen-bond donors (Lipinski definition) is 1. The fraction of sp³-hybridized carbons (Fsp3) is 0. The van der Waals surface area contributed by atoms with Crippen LogP contribution in [-0.2, 0) is 0 Å². The van der Waals surface area contributed by atoms with Gasteiger partial charge in [-0.05, 0) is 12.5 Å². The van der Waals surface area contributed by atoms with Crippen molar-refractivity contribution in [1.29, 1.82) is 0 Å². The molecule has 13 heavy (non-hydrogen) atoms. The molecule has 0 saturated carbocycles. The molecule has 4 heteroatoms. The van der Waals surface area contributed by atoms with Crippen molar-refractivity contribution in [3.8, 4) is 11.4 Å². The molecule has 0 aliphatic carbocycles. The highest BCUT2D eigenvalue weighted by molar-refractivity contribution is 5.60. The lowest BCUT2D eigenvalue weighted by molar-refractivity contribution is 0.388. The van der Waals surface area contributed by atoms with Crippen molar-refractivity contribution >= 4 is 0 Å². The van der Waals surface area contributed by atoms with E-state index < -0.39 is 5.76 Å². The number of nitrogens with zero attached hydrogens (tertiary/aromatic N) is 1. The minimum Gasteiger partial charge on any atom is -0.296 e. The van der Waals surface area contributed by atoms with Gasteiger partial charge in [-0.15, -0.1) is 0 Å². The molecule has 2 radical (unpaired) electrons. The fourth-order valence-corrected chi connectivity index (χ4v) is 1.06. The number of aromatic nitrogens is 2. The summed E-state index contributed by atoms with van der Waals surface area (Å²) in [4.78, 5) is 13.1. The molecule has 0 amide bonds. The van der Waals surface area contributed by atoms with Crippen molar-refractivity contribution in [2.24, 2.45) is 0 Å². The van der Waals surface area contributed by atoms with Crippen LogP contribution in [0.2, 0.25) is 0 Å². The van der Waals surface area contributed by atoms with Crippen molar-refractivity contribution in [3.63, 3.8) is 0 Å². The number of aromatic amines is 1. The third-order valence-corrected chi connectivity index (χ3v) is 1.66. The molecule has 4 nitrogen and oxygen atoms in total. The van der Waals surface area contributed by atoms with Gasteiger partial charge in [0.2, 0.25) is 0 Å². The lowest BCUT2D eigenvalue weighted by Gasteiger charge is -1.97. The largest absolute Gasteiger partial charge is 0.439 e. The fourth-order valence-electron chi connectivity index (χ4n) is 1.06.